The van der Waals surface area contributed by atoms with Gasteiger partial charge in [-0.2, -0.15) is 0 Å². The van der Waals surface area contributed by atoms with Crippen LogP contribution in [0.4, 0.5) is 5.69 Å². The van der Waals surface area contributed by atoms with Gasteiger partial charge in [0.2, 0.25) is 0 Å². The molecule has 5 heteroatoms. The molecule has 0 aromatic carbocycles. The summed E-state index contributed by atoms with van der Waals surface area (Å²) in [7, 11) is 4.13. The summed E-state index contributed by atoms with van der Waals surface area (Å²) in [6, 6.07) is 2.79. The maximum atomic E-state index is 4.39. The Hall–Kier alpha value is -1.88. The van der Waals surface area contributed by atoms with E-state index in [1.165, 1.54) is 24.1 Å². The van der Waals surface area contributed by atoms with E-state index >= 15 is 0 Å². The van der Waals surface area contributed by atoms with Crippen LogP contribution in [0.3, 0.4) is 0 Å². The van der Waals surface area contributed by atoms with Gasteiger partial charge < -0.3 is 14.8 Å². The molecule has 106 valence electrons. The van der Waals surface area contributed by atoms with Crippen LogP contribution in [-0.4, -0.2) is 27.6 Å². The van der Waals surface area contributed by atoms with Crippen molar-refractivity contribution in [1.82, 2.24) is 19.9 Å². The number of hydrogen-bond acceptors (Lipinski definition) is 4. The molecule has 2 aromatic rings. The summed E-state index contributed by atoms with van der Waals surface area (Å²) in [6.07, 6.45) is 10.2. The number of nitrogens with zero attached hydrogens (tertiary/aromatic N) is 4. The highest BCUT2D eigenvalue weighted by Gasteiger charge is 2.21. The molecule has 1 aliphatic carbocycles. The molecule has 0 radical (unpaired) electrons. The number of hydrogen-bond donors (Lipinski definition) is 1. The van der Waals surface area contributed by atoms with E-state index in [0.29, 0.717) is 6.04 Å². The minimum Gasteiger partial charge on any atom is -0.367 e. The standard InChI is InChI=1S/C15H21N5/c1-19-8-7-17-15(19)11-20(2)14-5-6-16-9-12(14)10-18-13-3-4-13/h5-9,13,18H,3-4,10-11H2,1-2H3. The van der Waals surface area contributed by atoms with Gasteiger partial charge in [-0.1, -0.05) is 0 Å². The molecule has 3 rings (SSSR count). The van der Waals surface area contributed by atoms with Gasteiger partial charge in [0.15, 0.2) is 0 Å². The Kier molecular flexibility index (Phi) is 3.69. The van der Waals surface area contributed by atoms with Crippen LogP contribution in [0.1, 0.15) is 24.2 Å². The van der Waals surface area contributed by atoms with Crippen molar-refractivity contribution in [2.24, 2.45) is 7.05 Å². The zero-order valence-electron chi connectivity index (χ0n) is 12.1. The summed E-state index contributed by atoms with van der Waals surface area (Å²) in [4.78, 5) is 10.9. The lowest BCUT2D eigenvalue weighted by Gasteiger charge is -2.22. The Balaban J connectivity index is 1.72. The minimum atomic E-state index is 0.711. The molecule has 1 N–H and O–H groups in total. The monoisotopic (exact) mass is 271 g/mol. The fourth-order valence-corrected chi connectivity index (χ4v) is 2.32. The number of aryl methyl sites for hydroxylation is 1. The molecule has 5 nitrogen and oxygen atoms in total. The second-order valence-electron chi connectivity index (χ2n) is 5.47. The van der Waals surface area contributed by atoms with E-state index in [0.717, 1.165) is 18.9 Å². The van der Waals surface area contributed by atoms with Crippen molar-refractivity contribution in [3.63, 3.8) is 0 Å². The van der Waals surface area contributed by atoms with E-state index in [2.05, 4.69) is 37.9 Å². The molecular formula is C15H21N5. The third kappa shape index (κ3) is 2.99. The Morgan fingerprint density at radius 1 is 1.40 bits per heavy atom. The Labute approximate surface area is 119 Å². The summed E-state index contributed by atoms with van der Waals surface area (Å²) in [5.74, 6) is 1.06. The van der Waals surface area contributed by atoms with Gasteiger partial charge in [0.1, 0.15) is 5.82 Å². The average molecular weight is 271 g/mol. The Morgan fingerprint density at radius 2 is 2.25 bits per heavy atom. The first kappa shape index (κ1) is 13.1. The summed E-state index contributed by atoms with van der Waals surface area (Å²) in [6.45, 7) is 1.68. The number of rotatable bonds is 6. The van der Waals surface area contributed by atoms with Crippen LogP contribution < -0.4 is 10.2 Å². The second-order valence-corrected chi connectivity index (χ2v) is 5.47. The summed E-state index contributed by atoms with van der Waals surface area (Å²) in [5, 5.41) is 3.55. The quantitative estimate of drug-likeness (QED) is 0.868. The van der Waals surface area contributed by atoms with Crippen molar-refractivity contribution < 1.29 is 0 Å². The lowest BCUT2D eigenvalue weighted by molar-refractivity contribution is 0.681. The summed E-state index contributed by atoms with van der Waals surface area (Å²) < 4.78 is 2.06. The SMILES string of the molecule is CN(Cc1nccn1C)c1ccncc1CNC1CC1. The molecule has 2 aromatic heterocycles. The zero-order chi connectivity index (χ0) is 13.9. The number of nitrogens with one attached hydrogen (secondary N) is 1. The van der Waals surface area contributed by atoms with Crippen LogP contribution in [0.5, 0.6) is 0 Å². The van der Waals surface area contributed by atoms with Gasteiger partial charge in [0.25, 0.3) is 0 Å². The van der Waals surface area contributed by atoms with Gasteiger partial charge in [-0.15, -0.1) is 0 Å². The highest BCUT2D eigenvalue weighted by molar-refractivity contribution is 5.51. The third-order valence-electron chi connectivity index (χ3n) is 3.75. The smallest absolute Gasteiger partial charge is 0.127 e. The number of anilines is 1. The van der Waals surface area contributed by atoms with Crippen LogP contribution in [0.2, 0.25) is 0 Å². The van der Waals surface area contributed by atoms with Crippen molar-refractivity contribution in [3.05, 3.63) is 42.2 Å². The fraction of sp³-hybridized carbons (Fsp3) is 0.467. The first-order valence-electron chi connectivity index (χ1n) is 7.07. The summed E-state index contributed by atoms with van der Waals surface area (Å²) >= 11 is 0. The first-order valence-corrected chi connectivity index (χ1v) is 7.07. The molecule has 1 fully saturated rings. The molecule has 0 spiro atoms. The normalized spacial score (nSPS) is 14.5. The zero-order valence-corrected chi connectivity index (χ0v) is 12.1. The minimum absolute atomic E-state index is 0.711. The van der Waals surface area contributed by atoms with Gasteiger partial charge in [0, 0.05) is 62.7 Å². The predicted molar refractivity (Wildman–Crippen MR) is 79.4 cm³/mol. The highest BCUT2D eigenvalue weighted by Crippen LogP contribution is 2.23. The van der Waals surface area contributed by atoms with Gasteiger partial charge in [0.05, 0.1) is 6.54 Å². The summed E-state index contributed by atoms with van der Waals surface area (Å²) in [5.41, 5.74) is 2.47. The maximum Gasteiger partial charge on any atom is 0.127 e. The molecule has 0 bridgehead atoms. The van der Waals surface area contributed by atoms with E-state index in [4.69, 9.17) is 0 Å². The molecule has 0 saturated heterocycles. The topological polar surface area (TPSA) is 46.0 Å². The predicted octanol–water partition coefficient (Wildman–Crippen LogP) is 1.70. The van der Waals surface area contributed by atoms with Gasteiger partial charge in [-0.3, -0.25) is 4.98 Å². The molecule has 0 atom stereocenters. The molecule has 0 aliphatic heterocycles. The molecule has 1 aliphatic rings. The average Bonchev–Trinajstić information content (AvgIpc) is 3.21. The van der Waals surface area contributed by atoms with Gasteiger partial charge in [-0.05, 0) is 18.9 Å². The molecule has 0 amide bonds. The largest absolute Gasteiger partial charge is 0.367 e. The van der Waals surface area contributed by atoms with Gasteiger partial charge >= 0.3 is 0 Å². The van der Waals surface area contributed by atoms with Crippen molar-refractivity contribution in [3.8, 4) is 0 Å². The maximum absolute atomic E-state index is 4.39. The fourth-order valence-electron chi connectivity index (χ4n) is 2.32. The molecule has 20 heavy (non-hydrogen) atoms. The lowest BCUT2D eigenvalue weighted by Crippen LogP contribution is -2.23. The molecule has 0 unspecified atom stereocenters. The van der Waals surface area contributed by atoms with Crippen LogP contribution in [0.25, 0.3) is 0 Å². The van der Waals surface area contributed by atoms with Crippen molar-refractivity contribution in [2.75, 3.05) is 11.9 Å². The Morgan fingerprint density at radius 3 is 2.95 bits per heavy atom. The lowest BCUT2D eigenvalue weighted by atomic mass is 10.2. The number of imidazole rings is 1. The van der Waals surface area contributed by atoms with Crippen LogP contribution >= 0.6 is 0 Å². The van der Waals surface area contributed by atoms with E-state index in [9.17, 15) is 0 Å². The van der Waals surface area contributed by atoms with Crippen molar-refractivity contribution in [1.29, 1.82) is 0 Å². The molecule has 2 heterocycles. The van der Waals surface area contributed by atoms with Crippen molar-refractivity contribution >= 4 is 5.69 Å². The van der Waals surface area contributed by atoms with Crippen LogP contribution in [-0.2, 0) is 20.1 Å². The van der Waals surface area contributed by atoms with E-state index < -0.39 is 0 Å². The molecule has 1 saturated carbocycles. The number of pyridine rings is 1. The molecular weight excluding hydrogens is 250 g/mol. The third-order valence-corrected chi connectivity index (χ3v) is 3.75. The van der Waals surface area contributed by atoms with E-state index in [-0.39, 0.29) is 0 Å². The second kappa shape index (κ2) is 5.63. The number of aromatic nitrogens is 3. The van der Waals surface area contributed by atoms with E-state index in [1.54, 1.807) is 0 Å². The van der Waals surface area contributed by atoms with Crippen LogP contribution in [0.15, 0.2) is 30.9 Å². The van der Waals surface area contributed by atoms with Gasteiger partial charge in [-0.25, -0.2) is 4.98 Å². The highest BCUT2D eigenvalue weighted by atomic mass is 15.2. The van der Waals surface area contributed by atoms with E-state index in [1.807, 2.05) is 31.8 Å². The van der Waals surface area contributed by atoms with Crippen molar-refractivity contribution in [2.45, 2.75) is 32.0 Å². The van der Waals surface area contributed by atoms with Crippen LogP contribution in [0, 0.1) is 0 Å². The first-order chi connectivity index (χ1) is 9.74. The Bertz CT molecular complexity index is 573.